The molecular formula is C15H24N8O2. The van der Waals surface area contributed by atoms with Crippen molar-refractivity contribution >= 4 is 5.91 Å². The molecule has 3 heterocycles. The van der Waals surface area contributed by atoms with Crippen molar-refractivity contribution in [3.63, 3.8) is 0 Å². The van der Waals surface area contributed by atoms with Gasteiger partial charge in [0.25, 0.3) is 0 Å². The molecule has 1 N–H and O–H groups in total. The van der Waals surface area contributed by atoms with E-state index in [-0.39, 0.29) is 5.91 Å². The minimum atomic E-state index is 0.0948. The van der Waals surface area contributed by atoms with E-state index < -0.39 is 0 Å². The Morgan fingerprint density at radius 3 is 3.00 bits per heavy atom. The number of nitrogens with one attached hydrogen (secondary N) is 1. The van der Waals surface area contributed by atoms with E-state index in [4.69, 9.17) is 4.74 Å². The van der Waals surface area contributed by atoms with E-state index in [1.165, 1.54) is 0 Å². The zero-order chi connectivity index (χ0) is 17.5. The molecule has 3 rings (SSSR count). The number of ether oxygens (including phenoxy) is 1. The minimum Gasteiger partial charge on any atom is -0.379 e. The molecule has 10 nitrogen and oxygen atoms in total. The molecule has 1 aliphatic heterocycles. The highest BCUT2D eigenvalue weighted by atomic mass is 16.5. The van der Waals surface area contributed by atoms with Crippen LogP contribution in [0, 0.1) is 0 Å². The van der Waals surface area contributed by atoms with Gasteiger partial charge in [0.2, 0.25) is 5.91 Å². The Morgan fingerprint density at radius 1 is 1.40 bits per heavy atom. The quantitative estimate of drug-likeness (QED) is 0.696. The molecule has 25 heavy (non-hydrogen) atoms. The number of morpholine rings is 1. The van der Waals surface area contributed by atoms with Gasteiger partial charge in [0.05, 0.1) is 32.0 Å². The number of amides is 1. The molecule has 1 aliphatic rings. The molecule has 0 aromatic carbocycles. The Kier molecular flexibility index (Phi) is 6.07. The van der Waals surface area contributed by atoms with Gasteiger partial charge >= 0.3 is 0 Å². The second-order valence-corrected chi connectivity index (χ2v) is 6.14. The van der Waals surface area contributed by atoms with Crippen LogP contribution in [0.5, 0.6) is 0 Å². The van der Waals surface area contributed by atoms with E-state index in [1.54, 1.807) is 22.8 Å². The summed E-state index contributed by atoms with van der Waals surface area (Å²) in [6, 6.07) is 1.86. The highest BCUT2D eigenvalue weighted by Gasteiger charge is 2.16. The van der Waals surface area contributed by atoms with E-state index in [0.717, 1.165) is 37.8 Å². The van der Waals surface area contributed by atoms with E-state index >= 15 is 0 Å². The Labute approximate surface area is 146 Å². The Bertz CT molecular complexity index is 650. The number of hydrogen-bond acceptors (Lipinski definition) is 7. The van der Waals surface area contributed by atoms with Gasteiger partial charge in [-0.25, -0.2) is 4.68 Å². The fourth-order valence-electron chi connectivity index (χ4n) is 2.76. The van der Waals surface area contributed by atoms with E-state index in [1.807, 2.05) is 6.07 Å². The molecule has 0 saturated carbocycles. The van der Waals surface area contributed by atoms with Gasteiger partial charge in [0.15, 0.2) is 5.82 Å². The van der Waals surface area contributed by atoms with Gasteiger partial charge in [-0.3, -0.25) is 14.8 Å². The number of carbonyl (C=O) groups is 1. The third kappa shape index (κ3) is 5.07. The van der Waals surface area contributed by atoms with Crippen molar-refractivity contribution in [2.75, 3.05) is 33.4 Å². The van der Waals surface area contributed by atoms with Crippen LogP contribution in [-0.2, 0) is 29.2 Å². The lowest BCUT2D eigenvalue weighted by atomic mass is 10.2. The SMILES string of the molecule is CN(Cc1ccn[nH]1)C(=O)CCCn1nnnc1CN1CCOCC1. The summed E-state index contributed by atoms with van der Waals surface area (Å²) in [7, 11) is 1.80. The number of tetrazole rings is 1. The van der Waals surface area contributed by atoms with Crippen molar-refractivity contribution in [3.8, 4) is 0 Å². The number of nitrogens with zero attached hydrogens (tertiary/aromatic N) is 7. The van der Waals surface area contributed by atoms with E-state index in [9.17, 15) is 4.79 Å². The molecule has 136 valence electrons. The molecule has 1 amide bonds. The van der Waals surface area contributed by atoms with Crippen LogP contribution in [0.1, 0.15) is 24.4 Å². The van der Waals surface area contributed by atoms with Gasteiger partial charge in [-0.2, -0.15) is 5.10 Å². The summed E-state index contributed by atoms with van der Waals surface area (Å²) in [6.45, 7) is 5.16. The largest absolute Gasteiger partial charge is 0.379 e. The summed E-state index contributed by atoms with van der Waals surface area (Å²) < 4.78 is 7.14. The van der Waals surface area contributed by atoms with Gasteiger partial charge in [-0.1, -0.05) is 0 Å². The zero-order valence-corrected chi connectivity index (χ0v) is 14.5. The average Bonchev–Trinajstić information content (AvgIpc) is 3.28. The highest BCUT2D eigenvalue weighted by molar-refractivity contribution is 5.75. The van der Waals surface area contributed by atoms with Crippen molar-refractivity contribution in [2.45, 2.75) is 32.5 Å². The van der Waals surface area contributed by atoms with Crippen molar-refractivity contribution in [1.82, 2.24) is 40.2 Å². The molecule has 1 fully saturated rings. The van der Waals surface area contributed by atoms with Gasteiger partial charge in [-0.05, 0) is 22.9 Å². The monoisotopic (exact) mass is 348 g/mol. The highest BCUT2D eigenvalue weighted by Crippen LogP contribution is 2.06. The standard InChI is InChI=1S/C15H24N8O2/c1-21(11-13-4-5-16-17-13)15(24)3-2-6-23-14(18-19-20-23)12-22-7-9-25-10-8-22/h4-5H,2-3,6-12H2,1H3,(H,16,17). The lowest BCUT2D eigenvalue weighted by Crippen LogP contribution is -2.36. The topological polar surface area (TPSA) is 105 Å². The van der Waals surface area contributed by atoms with Gasteiger partial charge in [0.1, 0.15) is 0 Å². The van der Waals surface area contributed by atoms with Crippen molar-refractivity contribution < 1.29 is 9.53 Å². The van der Waals surface area contributed by atoms with Crippen molar-refractivity contribution in [2.24, 2.45) is 0 Å². The second kappa shape index (κ2) is 8.67. The molecule has 0 radical (unpaired) electrons. The van der Waals surface area contributed by atoms with Crippen LogP contribution < -0.4 is 0 Å². The number of aromatic nitrogens is 6. The maximum absolute atomic E-state index is 12.2. The van der Waals surface area contributed by atoms with E-state index in [0.29, 0.717) is 32.5 Å². The molecule has 2 aromatic heterocycles. The Balaban J connectivity index is 1.42. The van der Waals surface area contributed by atoms with Gasteiger partial charge in [0, 0.05) is 39.3 Å². The third-order valence-corrected chi connectivity index (χ3v) is 4.23. The molecule has 0 aliphatic carbocycles. The minimum absolute atomic E-state index is 0.0948. The molecule has 0 spiro atoms. The van der Waals surface area contributed by atoms with Crippen molar-refractivity contribution in [3.05, 3.63) is 23.8 Å². The van der Waals surface area contributed by atoms with Crippen LogP contribution in [-0.4, -0.2) is 79.5 Å². The predicted octanol–water partition coefficient (Wildman–Crippen LogP) is -0.333. The summed E-state index contributed by atoms with van der Waals surface area (Å²) in [5, 5.41) is 18.7. The molecule has 2 aromatic rings. The van der Waals surface area contributed by atoms with Crippen LogP contribution in [0.2, 0.25) is 0 Å². The van der Waals surface area contributed by atoms with Crippen LogP contribution in [0.25, 0.3) is 0 Å². The lowest BCUT2D eigenvalue weighted by molar-refractivity contribution is -0.130. The first-order valence-electron chi connectivity index (χ1n) is 8.50. The molecule has 0 unspecified atom stereocenters. The summed E-state index contributed by atoms with van der Waals surface area (Å²) in [4.78, 5) is 16.2. The third-order valence-electron chi connectivity index (χ3n) is 4.23. The summed E-state index contributed by atoms with van der Waals surface area (Å²) in [5.41, 5.74) is 0.920. The fourth-order valence-corrected chi connectivity index (χ4v) is 2.76. The number of carbonyl (C=O) groups excluding carboxylic acids is 1. The normalized spacial score (nSPS) is 15.4. The first-order valence-corrected chi connectivity index (χ1v) is 8.50. The van der Waals surface area contributed by atoms with Crippen LogP contribution in [0.15, 0.2) is 12.3 Å². The lowest BCUT2D eigenvalue weighted by Gasteiger charge is -2.25. The number of rotatable bonds is 8. The number of hydrogen-bond donors (Lipinski definition) is 1. The maximum Gasteiger partial charge on any atom is 0.222 e. The average molecular weight is 348 g/mol. The molecular weight excluding hydrogens is 324 g/mol. The van der Waals surface area contributed by atoms with Crippen LogP contribution >= 0.6 is 0 Å². The van der Waals surface area contributed by atoms with E-state index in [2.05, 4.69) is 30.6 Å². The number of aromatic amines is 1. The summed E-state index contributed by atoms with van der Waals surface area (Å²) in [6.07, 6.45) is 2.84. The summed E-state index contributed by atoms with van der Waals surface area (Å²) >= 11 is 0. The smallest absolute Gasteiger partial charge is 0.222 e. The predicted molar refractivity (Wildman–Crippen MR) is 88.2 cm³/mol. The second-order valence-electron chi connectivity index (χ2n) is 6.14. The first kappa shape index (κ1) is 17.5. The maximum atomic E-state index is 12.2. The number of aryl methyl sites for hydroxylation is 1. The number of H-pyrrole nitrogens is 1. The first-order chi connectivity index (χ1) is 12.2. The molecule has 0 bridgehead atoms. The summed E-state index contributed by atoms with van der Waals surface area (Å²) in [5.74, 6) is 0.928. The van der Waals surface area contributed by atoms with Gasteiger partial charge in [-0.15, -0.1) is 5.10 Å². The molecule has 0 atom stereocenters. The zero-order valence-electron chi connectivity index (χ0n) is 14.5. The molecule has 1 saturated heterocycles. The van der Waals surface area contributed by atoms with Crippen LogP contribution in [0.4, 0.5) is 0 Å². The van der Waals surface area contributed by atoms with Gasteiger partial charge < -0.3 is 9.64 Å². The Morgan fingerprint density at radius 2 is 2.24 bits per heavy atom. The fraction of sp³-hybridized carbons (Fsp3) is 0.667. The van der Waals surface area contributed by atoms with Crippen LogP contribution in [0.3, 0.4) is 0 Å². The van der Waals surface area contributed by atoms with Crippen molar-refractivity contribution in [1.29, 1.82) is 0 Å². The Hall–Kier alpha value is -2.33. The molecule has 10 heteroatoms.